The maximum Gasteiger partial charge on any atom is 0.108 e. The van der Waals surface area contributed by atoms with Crippen molar-refractivity contribution in [3.8, 4) is 0 Å². The standard InChI is InChI=1S/C14H19NO/c1-2-6-12(7-3-1)14-9-5-4-8-13(14)15-10-11-16-14/h1-3,6-7,13,15H,4-5,8-11H2/t13-,14-/m0/s1. The van der Waals surface area contributed by atoms with Gasteiger partial charge >= 0.3 is 0 Å². The molecule has 2 aliphatic rings. The van der Waals surface area contributed by atoms with Gasteiger partial charge in [0.15, 0.2) is 0 Å². The molecule has 2 nitrogen and oxygen atoms in total. The molecule has 1 saturated carbocycles. The molecule has 0 unspecified atom stereocenters. The van der Waals surface area contributed by atoms with Gasteiger partial charge < -0.3 is 10.1 Å². The van der Waals surface area contributed by atoms with E-state index in [1.54, 1.807) is 0 Å². The minimum atomic E-state index is -0.0439. The van der Waals surface area contributed by atoms with Crippen molar-refractivity contribution in [2.24, 2.45) is 0 Å². The average Bonchev–Trinajstić information content (AvgIpc) is 2.40. The molecule has 3 rings (SSSR count). The van der Waals surface area contributed by atoms with Crippen molar-refractivity contribution >= 4 is 0 Å². The molecule has 1 N–H and O–H groups in total. The number of morpholine rings is 1. The van der Waals surface area contributed by atoms with Crippen LogP contribution in [0.15, 0.2) is 30.3 Å². The molecular weight excluding hydrogens is 198 g/mol. The molecule has 0 amide bonds. The summed E-state index contributed by atoms with van der Waals surface area (Å²) < 4.78 is 6.19. The van der Waals surface area contributed by atoms with Gasteiger partial charge in [-0.15, -0.1) is 0 Å². The van der Waals surface area contributed by atoms with Crippen LogP contribution in [-0.2, 0) is 10.3 Å². The Hall–Kier alpha value is -0.860. The van der Waals surface area contributed by atoms with Crippen LogP contribution in [0.25, 0.3) is 0 Å². The van der Waals surface area contributed by atoms with Crippen LogP contribution < -0.4 is 5.32 Å². The Morgan fingerprint density at radius 2 is 2.06 bits per heavy atom. The van der Waals surface area contributed by atoms with Crippen LogP contribution in [0, 0.1) is 0 Å². The molecule has 2 atom stereocenters. The summed E-state index contributed by atoms with van der Waals surface area (Å²) in [6.45, 7) is 1.84. The van der Waals surface area contributed by atoms with Crippen molar-refractivity contribution < 1.29 is 4.74 Å². The molecule has 1 saturated heterocycles. The second-order valence-corrected chi connectivity index (χ2v) is 4.86. The van der Waals surface area contributed by atoms with Crippen LogP contribution in [0.1, 0.15) is 31.2 Å². The third kappa shape index (κ3) is 1.57. The van der Waals surface area contributed by atoms with Crippen molar-refractivity contribution in [2.45, 2.75) is 37.3 Å². The molecule has 0 bridgehead atoms. The van der Waals surface area contributed by atoms with Gasteiger partial charge in [-0.3, -0.25) is 0 Å². The largest absolute Gasteiger partial charge is 0.367 e. The van der Waals surface area contributed by atoms with E-state index in [0.717, 1.165) is 19.6 Å². The summed E-state index contributed by atoms with van der Waals surface area (Å²) in [6, 6.07) is 11.3. The van der Waals surface area contributed by atoms with E-state index >= 15 is 0 Å². The van der Waals surface area contributed by atoms with E-state index in [2.05, 4.69) is 35.6 Å². The van der Waals surface area contributed by atoms with Crippen LogP contribution in [0.4, 0.5) is 0 Å². The Balaban J connectivity index is 1.98. The molecule has 1 aliphatic heterocycles. The molecule has 1 aromatic rings. The van der Waals surface area contributed by atoms with Crippen LogP contribution in [0.2, 0.25) is 0 Å². The van der Waals surface area contributed by atoms with Gasteiger partial charge in [0.1, 0.15) is 5.60 Å². The van der Waals surface area contributed by atoms with Crippen LogP contribution in [0.3, 0.4) is 0 Å². The van der Waals surface area contributed by atoms with E-state index in [-0.39, 0.29) is 5.60 Å². The zero-order valence-electron chi connectivity index (χ0n) is 9.61. The highest BCUT2D eigenvalue weighted by atomic mass is 16.5. The number of nitrogens with one attached hydrogen (secondary N) is 1. The highest BCUT2D eigenvalue weighted by molar-refractivity contribution is 5.26. The Kier molecular flexibility index (Phi) is 2.70. The number of ether oxygens (including phenoxy) is 1. The summed E-state index contributed by atoms with van der Waals surface area (Å²) in [5.41, 5.74) is 1.31. The van der Waals surface area contributed by atoms with Gasteiger partial charge in [0, 0.05) is 12.6 Å². The van der Waals surface area contributed by atoms with E-state index in [4.69, 9.17) is 4.74 Å². The smallest absolute Gasteiger partial charge is 0.108 e. The minimum Gasteiger partial charge on any atom is -0.367 e. The highest BCUT2D eigenvalue weighted by Gasteiger charge is 2.44. The third-order valence-electron chi connectivity index (χ3n) is 3.97. The fourth-order valence-electron chi connectivity index (χ4n) is 3.20. The van der Waals surface area contributed by atoms with Crippen molar-refractivity contribution in [1.82, 2.24) is 5.32 Å². The van der Waals surface area contributed by atoms with Crippen molar-refractivity contribution in [2.75, 3.05) is 13.2 Å². The van der Waals surface area contributed by atoms with Crippen LogP contribution in [0.5, 0.6) is 0 Å². The predicted octanol–water partition coefficient (Wildman–Crippen LogP) is 2.44. The predicted molar refractivity (Wildman–Crippen MR) is 64.3 cm³/mol. The summed E-state index contributed by atoms with van der Waals surface area (Å²) in [5, 5.41) is 3.64. The number of hydrogen-bond acceptors (Lipinski definition) is 2. The summed E-state index contributed by atoms with van der Waals surface area (Å²) in [4.78, 5) is 0. The summed E-state index contributed by atoms with van der Waals surface area (Å²) in [6.07, 6.45) is 5.02. The van der Waals surface area contributed by atoms with Gasteiger partial charge in [0.2, 0.25) is 0 Å². The monoisotopic (exact) mass is 217 g/mol. The summed E-state index contributed by atoms with van der Waals surface area (Å²) in [5.74, 6) is 0. The summed E-state index contributed by atoms with van der Waals surface area (Å²) in [7, 11) is 0. The number of fused-ring (bicyclic) bond motifs is 1. The SMILES string of the molecule is c1ccc([C@@]23CCCC[C@@H]2NCCO3)cc1. The van der Waals surface area contributed by atoms with Crippen molar-refractivity contribution in [1.29, 1.82) is 0 Å². The Bertz CT molecular complexity index is 337. The third-order valence-corrected chi connectivity index (χ3v) is 3.97. The number of hydrogen-bond donors (Lipinski definition) is 1. The lowest BCUT2D eigenvalue weighted by Gasteiger charge is -2.48. The Morgan fingerprint density at radius 1 is 1.19 bits per heavy atom. The molecule has 16 heavy (non-hydrogen) atoms. The lowest BCUT2D eigenvalue weighted by molar-refractivity contribution is -0.122. The van der Waals surface area contributed by atoms with Gasteiger partial charge in [0.25, 0.3) is 0 Å². The first-order valence-corrected chi connectivity index (χ1v) is 6.35. The first kappa shape index (κ1) is 10.3. The van der Waals surface area contributed by atoms with Gasteiger partial charge in [-0.2, -0.15) is 0 Å². The first-order chi connectivity index (χ1) is 7.92. The van der Waals surface area contributed by atoms with Crippen LogP contribution in [-0.4, -0.2) is 19.2 Å². The summed E-state index contributed by atoms with van der Waals surface area (Å²) >= 11 is 0. The second-order valence-electron chi connectivity index (χ2n) is 4.86. The molecule has 1 aromatic carbocycles. The molecule has 0 aromatic heterocycles. The number of benzene rings is 1. The van der Waals surface area contributed by atoms with E-state index in [1.807, 2.05) is 0 Å². The van der Waals surface area contributed by atoms with Crippen molar-refractivity contribution in [3.63, 3.8) is 0 Å². The molecule has 0 spiro atoms. The molecule has 1 heterocycles. The quantitative estimate of drug-likeness (QED) is 0.780. The first-order valence-electron chi connectivity index (χ1n) is 6.35. The zero-order chi connectivity index (χ0) is 10.8. The van der Waals surface area contributed by atoms with Gasteiger partial charge in [-0.05, 0) is 18.4 Å². The van der Waals surface area contributed by atoms with Gasteiger partial charge in [-0.25, -0.2) is 0 Å². The fraction of sp³-hybridized carbons (Fsp3) is 0.571. The molecule has 0 radical (unpaired) electrons. The Labute approximate surface area is 97.0 Å². The van der Waals surface area contributed by atoms with Gasteiger partial charge in [-0.1, -0.05) is 43.2 Å². The lowest BCUT2D eigenvalue weighted by atomic mass is 9.75. The Morgan fingerprint density at radius 3 is 2.94 bits per heavy atom. The lowest BCUT2D eigenvalue weighted by Crippen LogP contribution is -2.57. The van der Waals surface area contributed by atoms with E-state index in [1.165, 1.54) is 24.8 Å². The van der Waals surface area contributed by atoms with E-state index < -0.39 is 0 Å². The van der Waals surface area contributed by atoms with Gasteiger partial charge in [0.05, 0.1) is 6.61 Å². The van der Waals surface area contributed by atoms with Crippen molar-refractivity contribution in [3.05, 3.63) is 35.9 Å². The highest BCUT2D eigenvalue weighted by Crippen LogP contribution is 2.41. The fourth-order valence-corrected chi connectivity index (χ4v) is 3.20. The average molecular weight is 217 g/mol. The van der Waals surface area contributed by atoms with Crippen LogP contribution >= 0.6 is 0 Å². The van der Waals surface area contributed by atoms with E-state index in [9.17, 15) is 0 Å². The molecule has 1 aliphatic carbocycles. The minimum absolute atomic E-state index is 0.0439. The molecule has 2 fully saturated rings. The topological polar surface area (TPSA) is 21.3 Å². The molecule has 86 valence electrons. The normalized spacial score (nSPS) is 34.4. The van der Waals surface area contributed by atoms with E-state index in [0.29, 0.717) is 6.04 Å². The zero-order valence-corrected chi connectivity index (χ0v) is 9.61. The maximum atomic E-state index is 6.19. The molecule has 2 heteroatoms. The molecular formula is C14H19NO. The second kappa shape index (κ2) is 4.19. The maximum absolute atomic E-state index is 6.19. The number of rotatable bonds is 1.